The van der Waals surface area contributed by atoms with Gasteiger partial charge in [0.25, 0.3) is 0 Å². The third kappa shape index (κ3) is 3.25. The van der Waals surface area contributed by atoms with Crippen molar-refractivity contribution in [2.75, 3.05) is 11.9 Å². The van der Waals surface area contributed by atoms with Gasteiger partial charge in [-0.2, -0.15) is 0 Å². The predicted octanol–water partition coefficient (Wildman–Crippen LogP) is 4.11. The van der Waals surface area contributed by atoms with Crippen LogP contribution in [0.2, 0.25) is 0 Å². The number of hydrogen-bond acceptors (Lipinski definition) is 2. The summed E-state index contributed by atoms with van der Waals surface area (Å²) in [6.45, 7) is 0.753. The summed E-state index contributed by atoms with van der Waals surface area (Å²) in [7, 11) is 0. The van der Waals surface area contributed by atoms with Crippen molar-refractivity contribution in [2.24, 2.45) is 4.99 Å². The van der Waals surface area contributed by atoms with Gasteiger partial charge in [-0.3, -0.25) is 4.99 Å². The first-order chi connectivity index (χ1) is 8.16. The molecule has 1 N–H and O–H groups in total. The van der Waals surface area contributed by atoms with Crippen LogP contribution in [0.5, 0.6) is 0 Å². The molecule has 0 aliphatic carbocycles. The number of benzene rings is 1. The summed E-state index contributed by atoms with van der Waals surface area (Å²) in [4.78, 5) is 4.32. The highest BCUT2D eigenvalue weighted by molar-refractivity contribution is 9.10. The Labute approximate surface area is 107 Å². The lowest BCUT2D eigenvalue weighted by atomic mass is 10.2. The highest BCUT2D eigenvalue weighted by Crippen LogP contribution is 2.24. The van der Waals surface area contributed by atoms with Crippen LogP contribution in [0.3, 0.4) is 0 Å². The van der Waals surface area contributed by atoms with Gasteiger partial charge in [0, 0.05) is 19.0 Å². The third-order valence-corrected chi connectivity index (χ3v) is 3.27. The number of aliphatic imine (C=N–C) groups is 1. The lowest BCUT2D eigenvalue weighted by Crippen LogP contribution is -2.13. The topological polar surface area (TPSA) is 24.4 Å². The molecule has 0 radical (unpaired) electrons. The van der Waals surface area contributed by atoms with Crippen molar-refractivity contribution in [1.82, 2.24) is 0 Å². The van der Waals surface area contributed by atoms with Gasteiger partial charge in [0.05, 0.1) is 10.2 Å². The van der Waals surface area contributed by atoms with Crippen LogP contribution < -0.4 is 5.32 Å². The molecule has 0 aromatic heterocycles. The van der Waals surface area contributed by atoms with Crippen molar-refractivity contribution in [3.63, 3.8) is 0 Å². The van der Waals surface area contributed by atoms with Gasteiger partial charge in [-0.05, 0) is 34.8 Å². The zero-order chi connectivity index (χ0) is 12.3. The zero-order valence-corrected chi connectivity index (χ0v) is 10.9. The summed E-state index contributed by atoms with van der Waals surface area (Å²) in [5, 5.41) is 2.87. The molecule has 1 heterocycles. The Bertz CT molecular complexity index is 446. The quantitative estimate of drug-likeness (QED) is 0.776. The minimum absolute atomic E-state index is 0.128. The normalized spacial score (nSPS) is 16.3. The first kappa shape index (κ1) is 12.5. The Balaban J connectivity index is 2.17. The van der Waals surface area contributed by atoms with Crippen molar-refractivity contribution < 1.29 is 8.78 Å². The Kier molecular flexibility index (Phi) is 4.10. The van der Waals surface area contributed by atoms with Crippen molar-refractivity contribution in [3.8, 4) is 0 Å². The van der Waals surface area contributed by atoms with Crippen molar-refractivity contribution in [1.29, 1.82) is 0 Å². The Hall–Kier alpha value is -0.970. The van der Waals surface area contributed by atoms with Crippen LogP contribution in [-0.4, -0.2) is 12.4 Å². The second kappa shape index (κ2) is 5.58. The summed E-state index contributed by atoms with van der Waals surface area (Å²) in [6.07, 6.45) is 4.01. The number of nitrogens with one attached hydrogen (secondary N) is 1. The van der Waals surface area contributed by atoms with Crippen molar-refractivity contribution in [2.45, 2.75) is 25.7 Å². The standard InChI is InChI=1S/C12H13BrF2N2/c13-8-6-10(15)11(7-9(8)14)17-12-4-2-1-3-5-16-12/h6-7H,1-5H2,(H,16,17). The second-order valence-electron chi connectivity index (χ2n) is 4.01. The van der Waals surface area contributed by atoms with E-state index in [1.807, 2.05) is 0 Å². The Morgan fingerprint density at radius 3 is 2.76 bits per heavy atom. The number of hydrogen-bond donors (Lipinski definition) is 1. The van der Waals surface area contributed by atoms with Gasteiger partial charge >= 0.3 is 0 Å². The Morgan fingerprint density at radius 1 is 1.12 bits per heavy atom. The fraction of sp³-hybridized carbons (Fsp3) is 0.417. The lowest BCUT2D eigenvalue weighted by Gasteiger charge is -2.10. The largest absolute Gasteiger partial charge is 0.342 e. The van der Waals surface area contributed by atoms with E-state index in [2.05, 4.69) is 26.2 Å². The highest BCUT2D eigenvalue weighted by Gasteiger charge is 2.11. The van der Waals surface area contributed by atoms with E-state index in [-0.39, 0.29) is 10.2 Å². The van der Waals surface area contributed by atoms with E-state index in [1.165, 1.54) is 0 Å². The van der Waals surface area contributed by atoms with Crippen LogP contribution in [0.25, 0.3) is 0 Å². The molecule has 1 aromatic rings. The molecule has 2 nitrogen and oxygen atoms in total. The van der Waals surface area contributed by atoms with Crippen LogP contribution in [0.4, 0.5) is 14.5 Å². The van der Waals surface area contributed by atoms with E-state index in [0.717, 1.165) is 50.2 Å². The minimum atomic E-state index is -0.483. The number of amidine groups is 1. The fourth-order valence-corrected chi connectivity index (χ4v) is 2.07. The smallest absolute Gasteiger partial charge is 0.148 e. The fourth-order valence-electron chi connectivity index (χ4n) is 1.75. The maximum absolute atomic E-state index is 13.6. The molecule has 0 saturated heterocycles. The maximum Gasteiger partial charge on any atom is 0.148 e. The summed E-state index contributed by atoms with van der Waals surface area (Å²) in [5.41, 5.74) is 0.145. The molecule has 0 spiro atoms. The van der Waals surface area contributed by atoms with Crippen LogP contribution >= 0.6 is 15.9 Å². The van der Waals surface area contributed by atoms with E-state index in [4.69, 9.17) is 0 Å². The Morgan fingerprint density at radius 2 is 1.94 bits per heavy atom. The molecule has 1 aromatic carbocycles. The van der Waals surface area contributed by atoms with Gasteiger partial charge in [0.15, 0.2) is 0 Å². The first-order valence-corrected chi connectivity index (χ1v) is 6.41. The monoisotopic (exact) mass is 302 g/mol. The number of nitrogens with zero attached hydrogens (tertiary/aromatic N) is 1. The zero-order valence-electron chi connectivity index (χ0n) is 9.27. The lowest BCUT2D eigenvalue weighted by molar-refractivity contribution is 0.598. The van der Waals surface area contributed by atoms with E-state index < -0.39 is 11.6 Å². The van der Waals surface area contributed by atoms with E-state index in [0.29, 0.717) is 0 Å². The van der Waals surface area contributed by atoms with E-state index >= 15 is 0 Å². The molecule has 0 unspecified atom stereocenters. The van der Waals surface area contributed by atoms with Crippen LogP contribution in [0.1, 0.15) is 25.7 Å². The van der Waals surface area contributed by atoms with Gasteiger partial charge in [-0.25, -0.2) is 8.78 Å². The predicted molar refractivity (Wildman–Crippen MR) is 68.5 cm³/mol. The summed E-state index contributed by atoms with van der Waals surface area (Å²) >= 11 is 2.94. The van der Waals surface area contributed by atoms with E-state index in [9.17, 15) is 8.78 Å². The molecule has 17 heavy (non-hydrogen) atoms. The molecule has 2 rings (SSSR count). The van der Waals surface area contributed by atoms with Gasteiger partial charge in [0.1, 0.15) is 17.5 Å². The second-order valence-corrected chi connectivity index (χ2v) is 4.86. The average molecular weight is 303 g/mol. The average Bonchev–Trinajstić information content (AvgIpc) is 2.54. The molecule has 0 atom stereocenters. The first-order valence-electron chi connectivity index (χ1n) is 5.62. The van der Waals surface area contributed by atoms with Crippen molar-refractivity contribution in [3.05, 3.63) is 28.2 Å². The molecule has 0 saturated carbocycles. The molecule has 1 aliphatic heterocycles. The molecule has 1 aliphatic rings. The van der Waals surface area contributed by atoms with Gasteiger partial charge in [-0.1, -0.05) is 6.42 Å². The number of rotatable bonds is 1. The molecular weight excluding hydrogens is 290 g/mol. The third-order valence-electron chi connectivity index (χ3n) is 2.66. The summed E-state index contributed by atoms with van der Waals surface area (Å²) < 4.78 is 27.0. The van der Waals surface area contributed by atoms with Crippen LogP contribution in [0.15, 0.2) is 21.6 Å². The molecule has 5 heteroatoms. The van der Waals surface area contributed by atoms with Gasteiger partial charge < -0.3 is 5.32 Å². The van der Waals surface area contributed by atoms with Gasteiger partial charge in [-0.15, -0.1) is 0 Å². The summed E-state index contributed by atoms with van der Waals surface area (Å²) in [6, 6.07) is 2.27. The molecule has 92 valence electrons. The van der Waals surface area contributed by atoms with Crippen molar-refractivity contribution >= 4 is 27.5 Å². The van der Waals surface area contributed by atoms with Crippen LogP contribution in [-0.2, 0) is 0 Å². The minimum Gasteiger partial charge on any atom is -0.342 e. The highest BCUT2D eigenvalue weighted by atomic mass is 79.9. The van der Waals surface area contributed by atoms with Crippen LogP contribution in [0, 0.1) is 11.6 Å². The molecular formula is C12H13BrF2N2. The number of anilines is 1. The van der Waals surface area contributed by atoms with E-state index in [1.54, 1.807) is 0 Å². The SMILES string of the molecule is Fc1cc(NC2=NCCCCC2)c(F)cc1Br. The summed E-state index contributed by atoms with van der Waals surface area (Å²) in [5.74, 6) is -0.225. The molecule has 0 amide bonds. The maximum atomic E-state index is 13.6. The number of halogens is 3. The van der Waals surface area contributed by atoms with Gasteiger partial charge in [0.2, 0.25) is 0 Å². The molecule has 0 fully saturated rings. The molecule has 0 bridgehead atoms.